The molecule has 0 saturated carbocycles. The smallest absolute Gasteiger partial charge is 0.319 e. The van der Waals surface area contributed by atoms with E-state index in [-0.39, 0.29) is 19.0 Å². The van der Waals surface area contributed by atoms with Crippen molar-refractivity contribution in [3.63, 3.8) is 0 Å². The van der Waals surface area contributed by atoms with Gasteiger partial charge in [-0.2, -0.15) is 15.2 Å². The summed E-state index contributed by atoms with van der Waals surface area (Å²) in [5.41, 5.74) is 2.78. The van der Waals surface area contributed by atoms with Crippen molar-refractivity contribution in [2.24, 2.45) is 0 Å². The van der Waals surface area contributed by atoms with Gasteiger partial charge >= 0.3 is 6.01 Å². The summed E-state index contributed by atoms with van der Waals surface area (Å²) >= 11 is 7.89. The Balaban J connectivity index is 1.40. The van der Waals surface area contributed by atoms with Crippen molar-refractivity contribution in [3.8, 4) is 23.2 Å². The summed E-state index contributed by atoms with van der Waals surface area (Å²) in [6.07, 6.45) is 2.25. The van der Waals surface area contributed by atoms with E-state index in [1.165, 1.54) is 4.90 Å². The molecule has 216 valence electrons. The number of fused-ring (bicyclic) bond motifs is 2. The van der Waals surface area contributed by atoms with Crippen LogP contribution in [0.5, 0.6) is 6.01 Å². The van der Waals surface area contributed by atoms with Gasteiger partial charge in [-0.15, -0.1) is 11.3 Å². The Labute approximate surface area is 252 Å². The van der Waals surface area contributed by atoms with Crippen molar-refractivity contribution in [1.29, 1.82) is 5.26 Å². The summed E-state index contributed by atoms with van der Waals surface area (Å²) in [5, 5.41) is 11.4. The molecule has 1 amide bonds. The number of likely N-dealkylation sites (tertiary alicyclic amines) is 1. The number of benzene rings is 2. The van der Waals surface area contributed by atoms with Crippen LogP contribution in [-0.4, -0.2) is 77.6 Å². The fourth-order valence-electron chi connectivity index (χ4n) is 5.94. The number of hydrogen-bond acceptors (Lipinski definition) is 8. The first-order valence-corrected chi connectivity index (χ1v) is 15.1. The third kappa shape index (κ3) is 5.52. The van der Waals surface area contributed by atoms with Crippen LogP contribution in [0.1, 0.15) is 19.3 Å². The van der Waals surface area contributed by atoms with Gasteiger partial charge < -0.3 is 19.4 Å². The number of halogens is 2. The first kappa shape index (κ1) is 28.3. The van der Waals surface area contributed by atoms with Crippen molar-refractivity contribution in [2.45, 2.75) is 31.3 Å². The van der Waals surface area contributed by atoms with Crippen LogP contribution in [0.3, 0.4) is 0 Å². The second kappa shape index (κ2) is 11.8. The van der Waals surface area contributed by atoms with E-state index in [9.17, 15) is 14.4 Å². The molecule has 4 aromatic rings. The Bertz CT molecular complexity index is 1720. The molecule has 0 N–H and O–H groups in total. The van der Waals surface area contributed by atoms with Crippen LogP contribution in [0.2, 0.25) is 4.34 Å². The molecule has 8 nitrogen and oxygen atoms in total. The molecular formula is C31H30ClFN6O2S. The van der Waals surface area contributed by atoms with Gasteiger partial charge in [0.25, 0.3) is 5.91 Å². The third-order valence-electron chi connectivity index (χ3n) is 8.16. The molecule has 0 bridgehead atoms. The maximum atomic E-state index is 13.8. The molecule has 2 atom stereocenters. The van der Waals surface area contributed by atoms with Gasteiger partial charge in [-0.05, 0) is 61.1 Å². The second-order valence-corrected chi connectivity index (χ2v) is 12.5. The lowest BCUT2D eigenvalue weighted by Crippen LogP contribution is -2.55. The fraction of sp³-hybridized carbons (Fsp3) is 0.355. The summed E-state index contributed by atoms with van der Waals surface area (Å²) in [6, 6.07) is 16.4. The number of carbonyl (C=O) groups is 1. The quantitative estimate of drug-likeness (QED) is 0.237. The van der Waals surface area contributed by atoms with Gasteiger partial charge in [-0.1, -0.05) is 42.4 Å². The predicted octanol–water partition coefficient (Wildman–Crippen LogP) is 6.05. The molecule has 0 unspecified atom stereocenters. The number of carbonyl (C=O) groups excluding carboxylic acids is 1. The van der Waals surface area contributed by atoms with Crippen LogP contribution < -0.4 is 9.64 Å². The number of ether oxygens (including phenoxy) is 1. The number of nitriles is 1. The summed E-state index contributed by atoms with van der Waals surface area (Å²) in [7, 11) is 2.10. The first-order valence-electron chi connectivity index (χ1n) is 13.9. The van der Waals surface area contributed by atoms with Crippen molar-refractivity contribution >= 4 is 55.7 Å². The lowest BCUT2D eigenvalue weighted by molar-refractivity contribution is -0.131. The molecular weight excluding hydrogens is 575 g/mol. The molecule has 2 aliphatic heterocycles. The van der Waals surface area contributed by atoms with E-state index in [1.807, 2.05) is 35.2 Å². The number of anilines is 1. The van der Waals surface area contributed by atoms with Gasteiger partial charge in [0.2, 0.25) is 0 Å². The Kier molecular flexibility index (Phi) is 7.99. The van der Waals surface area contributed by atoms with Crippen LogP contribution >= 0.6 is 22.9 Å². The minimum atomic E-state index is -1.03. The number of likely N-dealkylation sites (N-methyl/N-ethyl adjacent to an activating group) is 1. The lowest BCUT2D eigenvalue weighted by Gasteiger charge is -2.41. The fourth-order valence-corrected chi connectivity index (χ4v) is 7.21. The van der Waals surface area contributed by atoms with E-state index in [1.54, 1.807) is 11.3 Å². The average molecular weight is 605 g/mol. The SMILES string of the molecule is C=C(F)C(=O)N1CCN(c2nc(OC[C@@H]3CCCN3C)nc3cc(-c4cccc5cc(Cl)sc45)ccc23)C[C@@H]1CC#N. The highest BCUT2D eigenvalue weighted by Gasteiger charge is 2.33. The maximum Gasteiger partial charge on any atom is 0.319 e. The maximum absolute atomic E-state index is 13.8. The molecule has 0 radical (unpaired) electrons. The molecule has 6 rings (SSSR count). The second-order valence-electron chi connectivity index (χ2n) is 10.8. The minimum Gasteiger partial charge on any atom is -0.462 e. The number of hydrogen-bond donors (Lipinski definition) is 0. The highest BCUT2D eigenvalue weighted by Crippen LogP contribution is 2.39. The van der Waals surface area contributed by atoms with Gasteiger partial charge in [-0.25, -0.2) is 4.39 Å². The van der Waals surface area contributed by atoms with Crippen molar-refractivity contribution in [1.82, 2.24) is 19.8 Å². The number of piperazine rings is 1. The summed E-state index contributed by atoms with van der Waals surface area (Å²) < 4.78 is 21.8. The molecule has 0 spiro atoms. The molecule has 2 fully saturated rings. The number of thiophene rings is 1. The van der Waals surface area contributed by atoms with Gasteiger partial charge in [0, 0.05) is 35.8 Å². The van der Waals surface area contributed by atoms with E-state index in [0.29, 0.717) is 31.6 Å². The van der Waals surface area contributed by atoms with E-state index in [4.69, 9.17) is 26.3 Å². The Morgan fingerprint density at radius 3 is 2.83 bits per heavy atom. The van der Waals surface area contributed by atoms with E-state index >= 15 is 0 Å². The molecule has 2 aromatic carbocycles. The number of rotatable bonds is 7. The molecule has 2 aliphatic rings. The van der Waals surface area contributed by atoms with Crippen LogP contribution in [0.4, 0.5) is 10.2 Å². The van der Waals surface area contributed by atoms with Gasteiger partial charge in [0.1, 0.15) is 12.4 Å². The van der Waals surface area contributed by atoms with Gasteiger partial charge in [0.15, 0.2) is 5.83 Å². The Morgan fingerprint density at radius 1 is 1.21 bits per heavy atom. The first-order chi connectivity index (χ1) is 20.3. The summed E-state index contributed by atoms with van der Waals surface area (Å²) in [4.78, 5) is 27.9. The van der Waals surface area contributed by atoms with Crippen molar-refractivity contribution in [3.05, 3.63) is 59.2 Å². The minimum absolute atomic E-state index is 0.0629. The number of nitrogens with zero attached hydrogens (tertiary/aromatic N) is 6. The molecule has 2 saturated heterocycles. The number of aromatic nitrogens is 2. The van der Waals surface area contributed by atoms with Crippen LogP contribution in [0.25, 0.3) is 32.1 Å². The zero-order valence-electron chi connectivity index (χ0n) is 23.2. The zero-order valence-corrected chi connectivity index (χ0v) is 24.8. The van der Waals surface area contributed by atoms with Crippen LogP contribution in [0, 0.1) is 11.3 Å². The van der Waals surface area contributed by atoms with E-state index in [0.717, 1.165) is 55.8 Å². The van der Waals surface area contributed by atoms with Gasteiger partial charge in [0.05, 0.1) is 28.4 Å². The van der Waals surface area contributed by atoms with Crippen LogP contribution in [-0.2, 0) is 4.79 Å². The normalized spacial score (nSPS) is 19.4. The Morgan fingerprint density at radius 2 is 2.07 bits per heavy atom. The zero-order chi connectivity index (χ0) is 29.4. The summed E-state index contributed by atoms with van der Waals surface area (Å²) in [5.74, 6) is -1.14. The standard InChI is InChI=1S/C31H30ClFN6O2S/c1-19(33)30(40)39-14-13-38(17-22(39)10-11-34)29-25-9-8-20(24-7-3-5-21-16-27(32)42-28(21)24)15-26(25)35-31(36-29)41-18-23-6-4-12-37(23)2/h3,5,7-9,15-16,22-23H,1,4,6,10,12-14,17-18H2,2H3/t22-,23-/m0/s1. The predicted molar refractivity (Wildman–Crippen MR) is 165 cm³/mol. The molecule has 4 heterocycles. The Hall–Kier alpha value is -3.78. The largest absolute Gasteiger partial charge is 0.462 e. The third-order valence-corrected chi connectivity index (χ3v) is 9.47. The highest BCUT2D eigenvalue weighted by molar-refractivity contribution is 7.23. The highest BCUT2D eigenvalue weighted by atomic mass is 35.5. The monoisotopic (exact) mass is 604 g/mol. The molecule has 0 aliphatic carbocycles. The van der Waals surface area contributed by atoms with Crippen molar-refractivity contribution in [2.75, 3.05) is 44.7 Å². The number of amides is 1. The average Bonchev–Trinajstić information content (AvgIpc) is 3.58. The van der Waals surface area contributed by atoms with E-state index in [2.05, 4.69) is 36.7 Å². The summed E-state index contributed by atoms with van der Waals surface area (Å²) in [6.45, 7) is 5.64. The molecule has 2 aromatic heterocycles. The molecule has 11 heteroatoms. The van der Waals surface area contributed by atoms with Gasteiger partial charge in [-0.3, -0.25) is 4.79 Å². The van der Waals surface area contributed by atoms with Crippen molar-refractivity contribution < 1.29 is 13.9 Å². The van der Waals surface area contributed by atoms with E-state index < -0.39 is 17.8 Å². The van der Waals surface area contributed by atoms with Crippen LogP contribution in [0.15, 0.2) is 54.9 Å². The lowest BCUT2D eigenvalue weighted by atomic mass is 10.0. The topological polar surface area (TPSA) is 85.6 Å². The molecule has 42 heavy (non-hydrogen) atoms.